The van der Waals surface area contributed by atoms with Crippen molar-refractivity contribution in [2.45, 2.75) is 5.22 Å². The highest BCUT2D eigenvalue weighted by molar-refractivity contribution is 7.99. The van der Waals surface area contributed by atoms with Crippen LogP contribution in [-0.2, 0) is 14.8 Å². The molecule has 162 valence electrons. The van der Waals surface area contributed by atoms with Gasteiger partial charge in [-0.2, -0.15) is 0 Å². The van der Waals surface area contributed by atoms with Crippen molar-refractivity contribution in [2.24, 2.45) is 0 Å². The quantitative estimate of drug-likeness (QED) is 0.508. The van der Waals surface area contributed by atoms with E-state index in [1.807, 2.05) is 0 Å². The minimum Gasteiger partial charge on any atom is -0.486 e. The van der Waals surface area contributed by atoms with Gasteiger partial charge in [0.2, 0.25) is 21.8 Å². The topological polar surface area (TPSA) is 133 Å². The first-order valence-corrected chi connectivity index (χ1v) is 12.0. The number of fused-ring (bicyclic) bond motifs is 1. The third-order valence-corrected chi connectivity index (χ3v) is 5.42. The molecule has 2 N–H and O–H groups in total. The van der Waals surface area contributed by atoms with E-state index >= 15 is 0 Å². The zero-order valence-electron chi connectivity index (χ0n) is 16.3. The average Bonchev–Trinajstić information content (AvgIpc) is 3.21. The summed E-state index contributed by atoms with van der Waals surface area (Å²) in [6, 6.07) is 11.7. The molecule has 0 unspecified atom stereocenters. The van der Waals surface area contributed by atoms with Crippen LogP contribution in [0.15, 0.2) is 52.1 Å². The number of benzene rings is 2. The van der Waals surface area contributed by atoms with Crippen LogP contribution < -0.4 is 19.5 Å². The lowest BCUT2D eigenvalue weighted by Crippen LogP contribution is -2.17. The van der Waals surface area contributed by atoms with E-state index in [9.17, 15) is 13.2 Å². The van der Waals surface area contributed by atoms with Crippen molar-refractivity contribution in [3.8, 4) is 23.0 Å². The predicted molar refractivity (Wildman–Crippen MR) is 115 cm³/mol. The molecule has 0 bridgehead atoms. The van der Waals surface area contributed by atoms with Gasteiger partial charge >= 0.3 is 0 Å². The number of anilines is 2. The highest BCUT2D eigenvalue weighted by Crippen LogP contribution is 2.32. The number of amides is 1. The minimum absolute atomic E-state index is 0.0767. The summed E-state index contributed by atoms with van der Waals surface area (Å²) in [7, 11) is -3.35. The van der Waals surface area contributed by atoms with Crippen LogP contribution in [0.4, 0.5) is 11.4 Å². The van der Waals surface area contributed by atoms with Gasteiger partial charge in [0.05, 0.1) is 12.0 Å². The molecule has 0 fully saturated rings. The number of thioether (sulfide) groups is 1. The number of nitrogens with zero attached hydrogens (tertiary/aromatic N) is 2. The van der Waals surface area contributed by atoms with E-state index in [1.54, 1.807) is 42.5 Å². The Bertz CT molecular complexity index is 1190. The van der Waals surface area contributed by atoms with Gasteiger partial charge in [-0.15, -0.1) is 10.2 Å². The van der Waals surface area contributed by atoms with Crippen LogP contribution >= 0.6 is 11.8 Å². The average molecular weight is 463 g/mol. The Balaban J connectivity index is 1.32. The molecule has 4 rings (SSSR count). The van der Waals surface area contributed by atoms with Gasteiger partial charge in [-0.05, 0) is 36.4 Å². The standard InChI is InChI=1S/C19H18N4O6S2/c1-31(25,26)23-13-4-2-12(3-5-13)18-21-22-19(29-18)30-11-17(24)20-14-6-7-15-16(10-14)28-9-8-27-15/h2-7,10,23H,8-9,11H2,1H3,(H,20,24). The van der Waals surface area contributed by atoms with E-state index in [2.05, 4.69) is 20.2 Å². The lowest BCUT2D eigenvalue weighted by atomic mass is 10.2. The molecule has 1 aliphatic heterocycles. The summed E-state index contributed by atoms with van der Waals surface area (Å²) in [6.07, 6.45) is 1.08. The number of sulfonamides is 1. The highest BCUT2D eigenvalue weighted by atomic mass is 32.2. The summed E-state index contributed by atoms with van der Waals surface area (Å²) in [5.74, 6) is 1.35. The molecule has 1 aliphatic rings. The van der Waals surface area contributed by atoms with Crippen molar-refractivity contribution < 1.29 is 27.1 Å². The van der Waals surface area contributed by atoms with Gasteiger partial charge < -0.3 is 19.2 Å². The zero-order valence-corrected chi connectivity index (χ0v) is 18.0. The van der Waals surface area contributed by atoms with Crippen molar-refractivity contribution in [3.63, 3.8) is 0 Å². The molecule has 10 nitrogen and oxygen atoms in total. The van der Waals surface area contributed by atoms with E-state index in [0.717, 1.165) is 18.0 Å². The van der Waals surface area contributed by atoms with Crippen LogP contribution in [-0.4, -0.2) is 49.7 Å². The minimum atomic E-state index is -3.35. The first-order chi connectivity index (χ1) is 14.9. The smallest absolute Gasteiger partial charge is 0.277 e. The molecule has 0 radical (unpaired) electrons. The number of nitrogens with one attached hydrogen (secondary N) is 2. The Kier molecular flexibility index (Phi) is 6.00. The first kappa shape index (κ1) is 21.0. The maximum absolute atomic E-state index is 12.2. The molecule has 0 atom stereocenters. The molecule has 1 aromatic heterocycles. The summed E-state index contributed by atoms with van der Waals surface area (Å²) in [4.78, 5) is 12.2. The molecule has 0 spiro atoms. The van der Waals surface area contributed by atoms with Crippen molar-refractivity contribution in [3.05, 3.63) is 42.5 Å². The van der Waals surface area contributed by atoms with Gasteiger partial charge in [-0.3, -0.25) is 9.52 Å². The van der Waals surface area contributed by atoms with Crippen LogP contribution in [0.25, 0.3) is 11.5 Å². The molecule has 0 aliphatic carbocycles. The van der Waals surface area contributed by atoms with Gasteiger partial charge in [0.15, 0.2) is 11.5 Å². The summed E-state index contributed by atoms with van der Waals surface area (Å²) >= 11 is 1.10. The summed E-state index contributed by atoms with van der Waals surface area (Å²) in [5.41, 5.74) is 1.65. The summed E-state index contributed by atoms with van der Waals surface area (Å²) in [5, 5.41) is 10.9. The van der Waals surface area contributed by atoms with Gasteiger partial charge in [0.25, 0.3) is 5.22 Å². The second kappa shape index (κ2) is 8.86. The molecule has 0 saturated heterocycles. The molecule has 12 heteroatoms. The van der Waals surface area contributed by atoms with Crippen LogP contribution in [0, 0.1) is 0 Å². The van der Waals surface area contributed by atoms with E-state index in [0.29, 0.717) is 41.7 Å². The molecule has 31 heavy (non-hydrogen) atoms. The number of aromatic nitrogens is 2. The first-order valence-electron chi connectivity index (χ1n) is 9.10. The number of ether oxygens (including phenoxy) is 2. The van der Waals surface area contributed by atoms with E-state index in [1.165, 1.54) is 0 Å². The lowest BCUT2D eigenvalue weighted by molar-refractivity contribution is -0.113. The van der Waals surface area contributed by atoms with Crippen LogP contribution in [0.5, 0.6) is 11.5 Å². The van der Waals surface area contributed by atoms with Crippen molar-refractivity contribution in [1.29, 1.82) is 0 Å². The lowest BCUT2D eigenvalue weighted by Gasteiger charge is -2.18. The SMILES string of the molecule is CS(=O)(=O)Nc1ccc(-c2nnc(SCC(=O)Nc3ccc4c(c3)OCCO4)o2)cc1. The number of carbonyl (C=O) groups is 1. The maximum atomic E-state index is 12.2. The third-order valence-electron chi connectivity index (χ3n) is 3.99. The summed E-state index contributed by atoms with van der Waals surface area (Å²) < 4.78 is 41.4. The zero-order chi connectivity index (χ0) is 21.8. The van der Waals surface area contributed by atoms with E-state index in [-0.39, 0.29) is 22.8 Å². The van der Waals surface area contributed by atoms with E-state index in [4.69, 9.17) is 13.9 Å². The number of carbonyl (C=O) groups excluding carboxylic acids is 1. The number of hydrogen-bond acceptors (Lipinski definition) is 9. The number of rotatable bonds is 7. The molecule has 2 aromatic carbocycles. The Hall–Kier alpha value is -3.25. The fourth-order valence-electron chi connectivity index (χ4n) is 2.73. The molecular weight excluding hydrogens is 444 g/mol. The van der Waals surface area contributed by atoms with Crippen molar-refractivity contribution >= 4 is 39.1 Å². The maximum Gasteiger partial charge on any atom is 0.277 e. The molecular formula is C19H18N4O6S2. The molecule has 1 amide bonds. The largest absolute Gasteiger partial charge is 0.486 e. The van der Waals surface area contributed by atoms with Crippen molar-refractivity contribution in [2.75, 3.05) is 35.3 Å². The van der Waals surface area contributed by atoms with Crippen LogP contribution in [0.1, 0.15) is 0 Å². The predicted octanol–water partition coefficient (Wildman–Crippen LogP) is 2.61. The molecule has 0 saturated carbocycles. The number of hydrogen-bond donors (Lipinski definition) is 2. The van der Waals surface area contributed by atoms with Crippen molar-refractivity contribution in [1.82, 2.24) is 10.2 Å². The molecule has 2 heterocycles. The Morgan fingerprint density at radius 1 is 1.03 bits per heavy atom. The van der Waals surface area contributed by atoms with Gasteiger partial charge in [-0.25, -0.2) is 8.42 Å². The third kappa shape index (κ3) is 5.67. The van der Waals surface area contributed by atoms with E-state index < -0.39 is 10.0 Å². The Labute approximate surface area is 182 Å². The Morgan fingerprint density at radius 3 is 2.48 bits per heavy atom. The normalized spacial score (nSPS) is 12.9. The fraction of sp³-hybridized carbons (Fsp3) is 0.211. The van der Waals surface area contributed by atoms with Crippen LogP contribution in [0.3, 0.4) is 0 Å². The van der Waals surface area contributed by atoms with Gasteiger partial charge in [0, 0.05) is 23.0 Å². The highest BCUT2D eigenvalue weighted by Gasteiger charge is 2.15. The van der Waals surface area contributed by atoms with Crippen LogP contribution in [0.2, 0.25) is 0 Å². The van der Waals surface area contributed by atoms with Gasteiger partial charge in [0.1, 0.15) is 13.2 Å². The monoisotopic (exact) mass is 462 g/mol. The van der Waals surface area contributed by atoms with Gasteiger partial charge in [-0.1, -0.05) is 11.8 Å². The second-order valence-corrected chi connectivity index (χ2v) is 9.20. The Morgan fingerprint density at radius 2 is 1.74 bits per heavy atom. The molecule has 3 aromatic rings. The summed E-state index contributed by atoms with van der Waals surface area (Å²) in [6.45, 7) is 0.972. The second-order valence-electron chi connectivity index (χ2n) is 6.52. The fourth-order valence-corrected chi connectivity index (χ4v) is 3.85.